The third kappa shape index (κ3) is 8.11. The second-order valence-corrected chi connectivity index (χ2v) is 10.7. The lowest BCUT2D eigenvalue weighted by Gasteiger charge is -2.13. The van der Waals surface area contributed by atoms with Crippen LogP contribution in [0.15, 0.2) is 71.1 Å². The first-order valence-electron chi connectivity index (χ1n) is 12.5. The number of carbonyl (C=O) groups is 2. The Balaban J connectivity index is 1.46. The van der Waals surface area contributed by atoms with Gasteiger partial charge in [0.1, 0.15) is 52.5 Å². The summed E-state index contributed by atoms with van der Waals surface area (Å²) in [6, 6.07) is 18.4. The van der Waals surface area contributed by atoms with Crippen LogP contribution in [0.4, 0.5) is 5.82 Å². The molecule has 0 atom stereocenters. The maximum absolute atomic E-state index is 11.6. The molecule has 0 aliphatic heterocycles. The van der Waals surface area contributed by atoms with E-state index in [1.807, 2.05) is 29.6 Å². The highest BCUT2D eigenvalue weighted by atomic mass is 35.5. The minimum atomic E-state index is -0.710. The number of nitrogens with two attached hydrogens (primary N) is 1. The number of thioether (sulfide) groups is 1. The van der Waals surface area contributed by atoms with E-state index in [-0.39, 0.29) is 30.2 Å². The average molecular weight is 632 g/mol. The van der Waals surface area contributed by atoms with E-state index in [4.69, 9.17) is 26.8 Å². The highest BCUT2D eigenvalue weighted by Crippen LogP contribution is 2.37. The van der Waals surface area contributed by atoms with E-state index >= 15 is 0 Å². The van der Waals surface area contributed by atoms with Crippen molar-refractivity contribution in [3.8, 4) is 39.6 Å². The molecule has 0 bridgehead atoms. The number of nitriles is 2. The maximum Gasteiger partial charge on any atom is 0.331 e. The molecule has 2 N–H and O–H groups in total. The molecule has 4 rings (SSSR count). The summed E-state index contributed by atoms with van der Waals surface area (Å²) in [6.07, 6.45) is 1.92. The highest BCUT2D eigenvalue weighted by molar-refractivity contribution is 7.98. The number of esters is 2. The van der Waals surface area contributed by atoms with Gasteiger partial charge in [0.2, 0.25) is 0 Å². The molecule has 0 aliphatic rings. The largest absolute Gasteiger partial charge is 0.490 e. The Kier molecular flexibility index (Phi) is 10.7. The SMILES string of the molecule is COC(=O)/C=C\C(=O)OCCOc1ccc(-c2c(C#N)c(N)nc(SCc3csc(-c4ccc(Cl)cc4)n3)c2C#N)cc1. The standard InChI is InChI=1S/C30H22ClN5O5S2/c1-39-25(37)10-11-26(38)41-13-12-40-22-8-4-18(5-9-22)27-23(14-32)28(34)36-30(24(27)15-33)43-17-21-16-42-29(35-21)19-2-6-20(31)7-3-19/h2-11,16H,12-13,17H2,1H3,(H2,34,36)/b11-10-. The third-order valence-corrected chi connectivity index (χ3v) is 7.91. The van der Waals surface area contributed by atoms with Crippen LogP contribution in [0.2, 0.25) is 5.02 Å². The van der Waals surface area contributed by atoms with Crippen molar-refractivity contribution in [3.05, 3.63) is 87.9 Å². The number of pyridine rings is 1. The molecular weight excluding hydrogens is 610 g/mol. The van der Waals surface area contributed by atoms with E-state index in [1.165, 1.54) is 30.2 Å². The van der Waals surface area contributed by atoms with Gasteiger partial charge >= 0.3 is 11.9 Å². The van der Waals surface area contributed by atoms with E-state index in [9.17, 15) is 20.1 Å². The van der Waals surface area contributed by atoms with Gasteiger partial charge in [-0.15, -0.1) is 11.3 Å². The lowest BCUT2D eigenvalue weighted by atomic mass is 9.97. The van der Waals surface area contributed by atoms with Gasteiger partial charge in [-0.3, -0.25) is 0 Å². The number of anilines is 1. The molecule has 4 aromatic rings. The fraction of sp³-hybridized carbons (Fsp3) is 0.133. The first-order chi connectivity index (χ1) is 20.8. The van der Waals surface area contributed by atoms with Crippen LogP contribution in [-0.4, -0.2) is 42.2 Å². The minimum Gasteiger partial charge on any atom is -0.490 e. The number of rotatable bonds is 11. The van der Waals surface area contributed by atoms with Crippen molar-refractivity contribution in [3.63, 3.8) is 0 Å². The summed E-state index contributed by atoms with van der Waals surface area (Å²) in [4.78, 5) is 31.7. The Hall–Kier alpha value is -4.88. The Morgan fingerprint density at radius 1 is 0.977 bits per heavy atom. The summed E-state index contributed by atoms with van der Waals surface area (Å²) in [5.74, 6) is -0.455. The number of benzene rings is 2. The first kappa shape index (κ1) is 31.1. The van der Waals surface area contributed by atoms with Crippen LogP contribution in [0.1, 0.15) is 16.8 Å². The fourth-order valence-corrected chi connectivity index (χ4v) is 5.65. The van der Waals surface area contributed by atoms with E-state index in [0.717, 1.165) is 28.4 Å². The molecule has 10 nitrogen and oxygen atoms in total. The van der Waals surface area contributed by atoms with Gasteiger partial charge in [-0.05, 0) is 29.8 Å². The molecule has 216 valence electrons. The lowest BCUT2D eigenvalue weighted by molar-refractivity contribution is -0.139. The quantitative estimate of drug-likeness (QED) is 0.0922. The van der Waals surface area contributed by atoms with Gasteiger partial charge in [0, 0.05) is 39.4 Å². The summed E-state index contributed by atoms with van der Waals surface area (Å²) in [5.41, 5.74) is 9.19. The van der Waals surface area contributed by atoms with Crippen molar-refractivity contribution < 1.29 is 23.8 Å². The third-order valence-electron chi connectivity index (χ3n) is 5.71. The van der Waals surface area contributed by atoms with Crippen molar-refractivity contribution in [2.24, 2.45) is 0 Å². The Morgan fingerprint density at radius 3 is 2.33 bits per heavy atom. The molecule has 2 aromatic carbocycles. The van der Waals surface area contributed by atoms with Gasteiger partial charge in [-0.2, -0.15) is 10.5 Å². The van der Waals surface area contributed by atoms with Crippen LogP contribution in [0, 0.1) is 22.7 Å². The van der Waals surface area contributed by atoms with E-state index in [2.05, 4.69) is 26.8 Å². The Labute approximate surface area is 260 Å². The van der Waals surface area contributed by atoms with Crippen LogP contribution in [0.3, 0.4) is 0 Å². The molecule has 0 aliphatic carbocycles. The number of halogens is 1. The number of carbonyl (C=O) groups excluding carboxylic acids is 2. The van der Waals surface area contributed by atoms with Crippen LogP contribution in [0.5, 0.6) is 5.75 Å². The molecule has 13 heteroatoms. The van der Waals surface area contributed by atoms with Gasteiger partial charge in [0.15, 0.2) is 0 Å². The smallest absolute Gasteiger partial charge is 0.331 e. The van der Waals surface area contributed by atoms with Crippen LogP contribution in [-0.2, 0) is 24.8 Å². The number of thiazole rings is 1. The predicted molar refractivity (Wildman–Crippen MR) is 163 cm³/mol. The van der Waals surface area contributed by atoms with Crippen molar-refractivity contribution in [2.75, 3.05) is 26.1 Å². The average Bonchev–Trinajstić information content (AvgIpc) is 3.50. The van der Waals surface area contributed by atoms with E-state index in [1.54, 1.807) is 24.3 Å². The molecule has 0 saturated carbocycles. The lowest BCUT2D eigenvalue weighted by Crippen LogP contribution is -2.11. The van der Waals surface area contributed by atoms with Crippen molar-refractivity contribution >= 4 is 52.5 Å². The second kappa shape index (κ2) is 14.8. The van der Waals surface area contributed by atoms with Crippen LogP contribution in [0.25, 0.3) is 21.7 Å². The molecular formula is C30H22ClN5O5S2. The number of nitrogens with zero attached hydrogens (tertiary/aromatic N) is 4. The van der Waals surface area contributed by atoms with Gasteiger partial charge in [0.05, 0.1) is 18.4 Å². The number of aromatic nitrogens is 2. The maximum atomic E-state index is 11.6. The number of methoxy groups -OCH3 is 1. The fourth-order valence-electron chi connectivity index (χ4n) is 3.70. The van der Waals surface area contributed by atoms with Gasteiger partial charge in [-0.1, -0.05) is 47.6 Å². The molecule has 0 radical (unpaired) electrons. The molecule has 0 fully saturated rings. The molecule has 0 saturated heterocycles. The van der Waals surface area contributed by atoms with E-state index in [0.29, 0.717) is 32.7 Å². The van der Waals surface area contributed by atoms with Crippen molar-refractivity contribution in [1.82, 2.24) is 9.97 Å². The monoisotopic (exact) mass is 631 g/mol. The normalized spacial score (nSPS) is 10.6. The zero-order chi connectivity index (χ0) is 30.8. The number of hydrogen-bond donors (Lipinski definition) is 1. The molecule has 43 heavy (non-hydrogen) atoms. The summed E-state index contributed by atoms with van der Waals surface area (Å²) in [7, 11) is 1.20. The minimum absolute atomic E-state index is 0.0162. The number of nitrogen functional groups attached to an aromatic ring is 1. The Morgan fingerprint density at radius 2 is 1.65 bits per heavy atom. The van der Waals surface area contributed by atoms with E-state index < -0.39 is 11.9 Å². The number of hydrogen-bond acceptors (Lipinski definition) is 12. The van der Waals surface area contributed by atoms with Crippen molar-refractivity contribution in [1.29, 1.82) is 10.5 Å². The second-order valence-electron chi connectivity index (χ2n) is 8.49. The van der Waals surface area contributed by atoms with Crippen molar-refractivity contribution in [2.45, 2.75) is 10.8 Å². The zero-order valence-corrected chi connectivity index (χ0v) is 25.0. The zero-order valence-electron chi connectivity index (χ0n) is 22.6. The molecule has 2 aromatic heterocycles. The summed E-state index contributed by atoms with van der Waals surface area (Å²) >= 11 is 8.79. The molecule has 0 amide bonds. The summed E-state index contributed by atoms with van der Waals surface area (Å²) in [5, 5.41) is 23.7. The highest BCUT2D eigenvalue weighted by Gasteiger charge is 2.21. The topological polar surface area (TPSA) is 161 Å². The predicted octanol–water partition coefficient (Wildman–Crippen LogP) is 5.79. The first-order valence-corrected chi connectivity index (χ1v) is 14.7. The van der Waals surface area contributed by atoms with Crippen LogP contribution >= 0.6 is 34.7 Å². The van der Waals surface area contributed by atoms with Gasteiger partial charge in [0.25, 0.3) is 0 Å². The van der Waals surface area contributed by atoms with Gasteiger partial charge in [-0.25, -0.2) is 19.6 Å². The summed E-state index contributed by atoms with van der Waals surface area (Å²) in [6.45, 7) is 0.00823. The number of ether oxygens (including phenoxy) is 3. The molecule has 0 spiro atoms. The molecule has 0 unspecified atom stereocenters. The van der Waals surface area contributed by atoms with Gasteiger partial charge < -0.3 is 19.9 Å². The Bertz CT molecular complexity index is 1740. The van der Waals surface area contributed by atoms with Crippen LogP contribution < -0.4 is 10.5 Å². The summed E-state index contributed by atoms with van der Waals surface area (Å²) < 4.78 is 15.0. The molecule has 2 heterocycles.